The summed E-state index contributed by atoms with van der Waals surface area (Å²) in [6.45, 7) is 1.47. The van der Waals surface area contributed by atoms with Gasteiger partial charge in [-0.05, 0) is 36.8 Å². The predicted octanol–water partition coefficient (Wildman–Crippen LogP) is 5.19. The van der Waals surface area contributed by atoms with Crippen LogP contribution in [-0.4, -0.2) is 35.5 Å². The molecule has 0 bridgehead atoms. The first-order chi connectivity index (χ1) is 16.9. The van der Waals surface area contributed by atoms with Crippen molar-refractivity contribution in [1.29, 1.82) is 0 Å². The number of nitrogens with one attached hydrogen (secondary N) is 1. The quantitative estimate of drug-likeness (QED) is 0.322. The Bertz CT molecular complexity index is 1470. The number of nitrogens with zero attached hydrogens (tertiary/aromatic N) is 4. The zero-order chi connectivity index (χ0) is 24.8. The Kier molecular flexibility index (Phi) is 7.23. The fourth-order valence-corrected chi connectivity index (χ4v) is 4.03. The van der Waals surface area contributed by atoms with Crippen molar-refractivity contribution < 1.29 is 17.9 Å². The SMILES string of the molecule is COc1ccccc1Oc1c(Cl)nc(-c2ncccn2)nc1NS(=O)(=O)/C(C)=C/c1ccccc1. The monoisotopic (exact) mass is 509 g/mol. The lowest BCUT2D eigenvalue weighted by Crippen LogP contribution is -2.16. The van der Waals surface area contributed by atoms with Crippen LogP contribution in [0.15, 0.2) is 78.0 Å². The summed E-state index contributed by atoms with van der Waals surface area (Å²) in [7, 11) is -2.56. The minimum atomic E-state index is -4.05. The molecule has 2 aromatic carbocycles. The Hall–Kier alpha value is -4.02. The summed E-state index contributed by atoms with van der Waals surface area (Å²) in [6, 6.07) is 17.5. The summed E-state index contributed by atoms with van der Waals surface area (Å²) in [5.41, 5.74) is 0.722. The first-order valence-corrected chi connectivity index (χ1v) is 12.2. The number of hydrogen-bond donors (Lipinski definition) is 1. The summed E-state index contributed by atoms with van der Waals surface area (Å²) in [6.07, 6.45) is 4.55. The number of methoxy groups -OCH3 is 1. The van der Waals surface area contributed by atoms with Crippen LogP contribution in [0.5, 0.6) is 17.2 Å². The van der Waals surface area contributed by atoms with Crippen molar-refractivity contribution in [1.82, 2.24) is 19.9 Å². The van der Waals surface area contributed by atoms with Gasteiger partial charge in [0.05, 0.1) is 12.0 Å². The fourth-order valence-electron chi connectivity index (χ4n) is 2.98. The van der Waals surface area contributed by atoms with E-state index in [1.807, 2.05) is 18.2 Å². The zero-order valence-corrected chi connectivity index (χ0v) is 20.3. The first-order valence-electron chi connectivity index (χ1n) is 10.3. The van der Waals surface area contributed by atoms with Gasteiger partial charge in [-0.3, -0.25) is 4.72 Å². The maximum absolute atomic E-state index is 13.2. The molecule has 2 aromatic heterocycles. The van der Waals surface area contributed by atoms with Crippen molar-refractivity contribution in [2.24, 2.45) is 0 Å². The smallest absolute Gasteiger partial charge is 0.259 e. The van der Waals surface area contributed by atoms with Crippen LogP contribution in [0.4, 0.5) is 5.82 Å². The van der Waals surface area contributed by atoms with Crippen LogP contribution in [0.25, 0.3) is 17.7 Å². The molecular formula is C24H20ClN5O4S. The highest BCUT2D eigenvalue weighted by atomic mass is 35.5. The van der Waals surface area contributed by atoms with Crippen molar-refractivity contribution in [2.75, 3.05) is 11.8 Å². The second kappa shape index (κ2) is 10.5. The van der Waals surface area contributed by atoms with Gasteiger partial charge in [0.25, 0.3) is 10.0 Å². The number of para-hydroxylation sites is 2. The fraction of sp³-hybridized carbons (Fsp3) is 0.0833. The number of ether oxygens (including phenoxy) is 2. The van der Waals surface area contributed by atoms with Gasteiger partial charge in [0.15, 0.2) is 28.3 Å². The highest BCUT2D eigenvalue weighted by Gasteiger charge is 2.24. The minimum absolute atomic E-state index is 0.0189. The number of anilines is 1. The summed E-state index contributed by atoms with van der Waals surface area (Å²) in [5.74, 6) is 0.598. The average molecular weight is 510 g/mol. The maximum atomic E-state index is 13.2. The van der Waals surface area contributed by atoms with Crippen LogP contribution in [-0.2, 0) is 10.0 Å². The van der Waals surface area contributed by atoms with Gasteiger partial charge in [-0.2, -0.15) is 0 Å². The van der Waals surface area contributed by atoms with E-state index < -0.39 is 10.0 Å². The molecule has 1 N–H and O–H groups in total. The average Bonchev–Trinajstić information content (AvgIpc) is 2.87. The van der Waals surface area contributed by atoms with Crippen molar-refractivity contribution in [2.45, 2.75) is 6.92 Å². The Morgan fingerprint density at radius 1 is 0.914 bits per heavy atom. The zero-order valence-electron chi connectivity index (χ0n) is 18.7. The molecule has 0 aliphatic carbocycles. The number of benzene rings is 2. The van der Waals surface area contributed by atoms with E-state index >= 15 is 0 Å². The molecule has 0 aliphatic rings. The third-order valence-corrected chi connectivity index (χ3v) is 6.38. The molecule has 35 heavy (non-hydrogen) atoms. The van der Waals surface area contributed by atoms with Gasteiger partial charge in [-0.1, -0.05) is 54.1 Å². The topological polar surface area (TPSA) is 116 Å². The molecule has 0 radical (unpaired) electrons. The highest BCUT2D eigenvalue weighted by molar-refractivity contribution is 7.96. The van der Waals surface area contributed by atoms with E-state index in [-0.39, 0.29) is 33.3 Å². The third kappa shape index (κ3) is 5.73. The van der Waals surface area contributed by atoms with Gasteiger partial charge in [0.2, 0.25) is 11.6 Å². The molecule has 0 unspecified atom stereocenters. The van der Waals surface area contributed by atoms with Gasteiger partial charge in [0, 0.05) is 12.4 Å². The van der Waals surface area contributed by atoms with E-state index in [0.717, 1.165) is 5.56 Å². The molecule has 0 saturated heterocycles. The van der Waals surface area contributed by atoms with Gasteiger partial charge < -0.3 is 9.47 Å². The molecule has 178 valence electrons. The minimum Gasteiger partial charge on any atom is -0.493 e. The molecular weight excluding hydrogens is 490 g/mol. The van der Waals surface area contributed by atoms with E-state index in [9.17, 15) is 8.42 Å². The lowest BCUT2D eigenvalue weighted by molar-refractivity contribution is 0.378. The number of rotatable bonds is 8. The van der Waals surface area contributed by atoms with Crippen molar-refractivity contribution in [3.63, 3.8) is 0 Å². The van der Waals surface area contributed by atoms with Crippen LogP contribution < -0.4 is 14.2 Å². The molecule has 0 atom stereocenters. The predicted molar refractivity (Wildman–Crippen MR) is 134 cm³/mol. The van der Waals surface area contributed by atoms with Crippen LogP contribution in [0.3, 0.4) is 0 Å². The van der Waals surface area contributed by atoms with Crippen LogP contribution >= 0.6 is 11.6 Å². The molecule has 0 spiro atoms. The molecule has 0 fully saturated rings. The lowest BCUT2D eigenvalue weighted by Gasteiger charge is -2.16. The third-order valence-electron chi connectivity index (χ3n) is 4.70. The normalized spacial score (nSPS) is 11.7. The van der Waals surface area contributed by atoms with Crippen LogP contribution in [0, 0.1) is 0 Å². The Morgan fingerprint density at radius 3 is 2.26 bits per heavy atom. The molecule has 4 rings (SSSR count). The maximum Gasteiger partial charge on any atom is 0.259 e. The molecule has 9 nitrogen and oxygen atoms in total. The van der Waals surface area contributed by atoms with Crippen molar-refractivity contribution >= 4 is 33.5 Å². The lowest BCUT2D eigenvalue weighted by atomic mass is 10.2. The number of hydrogen-bond acceptors (Lipinski definition) is 8. The van der Waals surface area contributed by atoms with E-state index in [0.29, 0.717) is 11.5 Å². The van der Waals surface area contributed by atoms with Crippen molar-refractivity contribution in [3.05, 3.63) is 88.7 Å². The molecule has 0 aliphatic heterocycles. The summed E-state index contributed by atoms with van der Waals surface area (Å²) in [5, 5.41) is -0.143. The molecule has 4 aromatic rings. The summed E-state index contributed by atoms with van der Waals surface area (Å²) < 4.78 is 40.1. The molecule has 0 saturated carbocycles. The number of allylic oxidation sites excluding steroid dienone is 1. The van der Waals surface area contributed by atoms with Gasteiger partial charge in [-0.25, -0.2) is 28.4 Å². The van der Waals surface area contributed by atoms with E-state index in [1.165, 1.54) is 32.5 Å². The molecule has 11 heteroatoms. The summed E-state index contributed by atoms with van der Waals surface area (Å²) in [4.78, 5) is 16.8. The van der Waals surface area contributed by atoms with E-state index in [1.54, 1.807) is 42.5 Å². The van der Waals surface area contributed by atoms with E-state index in [2.05, 4.69) is 24.7 Å². The Labute approximate surface area is 207 Å². The van der Waals surface area contributed by atoms with Gasteiger partial charge >= 0.3 is 0 Å². The number of aromatic nitrogens is 4. The van der Waals surface area contributed by atoms with E-state index in [4.69, 9.17) is 21.1 Å². The highest BCUT2D eigenvalue weighted by Crippen LogP contribution is 2.39. The second-order valence-corrected chi connectivity index (χ2v) is 9.33. The second-order valence-electron chi connectivity index (χ2n) is 7.11. The standard InChI is InChI=1S/C24H20ClN5O4S/c1-16(15-17-9-4-3-5-10-17)35(31,32)30-22-20(34-19-12-7-6-11-18(19)33-2)21(25)28-24(29-22)23-26-13-8-14-27-23/h3-15H,1-2H3,(H,28,29,30)/b16-15+. The number of sulfonamides is 1. The van der Waals surface area contributed by atoms with Gasteiger partial charge in [0.1, 0.15) is 0 Å². The van der Waals surface area contributed by atoms with Crippen LogP contribution in [0.2, 0.25) is 5.15 Å². The molecule has 2 heterocycles. The van der Waals surface area contributed by atoms with Crippen LogP contribution in [0.1, 0.15) is 12.5 Å². The van der Waals surface area contributed by atoms with Crippen molar-refractivity contribution in [3.8, 4) is 28.9 Å². The first kappa shape index (κ1) is 24.1. The van der Waals surface area contributed by atoms with Gasteiger partial charge in [-0.15, -0.1) is 0 Å². The number of halogens is 1. The molecule has 0 amide bonds. The Morgan fingerprint density at radius 2 is 1.57 bits per heavy atom. The Balaban J connectivity index is 1.79. The summed E-state index contributed by atoms with van der Waals surface area (Å²) >= 11 is 6.45. The largest absolute Gasteiger partial charge is 0.493 e.